The first kappa shape index (κ1) is 24.7. The first-order chi connectivity index (χ1) is 16.0. The van der Waals surface area contributed by atoms with Crippen LogP contribution in [0.1, 0.15) is 31.4 Å². The molecule has 0 spiro atoms. The van der Waals surface area contributed by atoms with Crippen LogP contribution in [0.5, 0.6) is 5.75 Å². The van der Waals surface area contributed by atoms with Crippen LogP contribution in [-0.4, -0.2) is 53.2 Å². The minimum absolute atomic E-state index is 0.102. The maximum atomic E-state index is 12.8. The van der Waals surface area contributed by atoms with Gasteiger partial charge < -0.3 is 24.8 Å². The van der Waals surface area contributed by atoms with Crippen LogP contribution in [0.2, 0.25) is 0 Å². The Kier molecular flexibility index (Phi) is 9.27. The minimum Gasteiger partial charge on any atom is -0.497 e. The van der Waals surface area contributed by atoms with Gasteiger partial charge in [0.2, 0.25) is 0 Å². The Balaban J connectivity index is 1.77. The number of benzene rings is 2. The largest absolute Gasteiger partial charge is 0.497 e. The lowest BCUT2D eigenvalue weighted by Gasteiger charge is -2.26. The van der Waals surface area contributed by atoms with Gasteiger partial charge in [-0.3, -0.25) is 4.79 Å². The summed E-state index contributed by atoms with van der Waals surface area (Å²) in [6.07, 6.45) is 1.01. The molecule has 0 aliphatic heterocycles. The van der Waals surface area contributed by atoms with Crippen molar-refractivity contribution in [2.75, 3.05) is 33.3 Å². The van der Waals surface area contributed by atoms with Gasteiger partial charge in [0.1, 0.15) is 5.75 Å². The van der Waals surface area contributed by atoms with Crippen LogP contribution >= 0.6 is 12.2 Å². The first-order valence-corrected chi connectivity index (χ1v) is 11.9. The smallest absolute Gasteiger partial charge is 0.253 e. The standard InChI is InChI=1S/C26H34N4O2S/c1-4-29(5-2)15-9-14-27-26(33)30(18-20-10-7-6-8-11-20)19-22-16-21-17-23(32-3)12-13-24(21)28-25(22)31/h6-8,10-13,16-17H,4-5,9,14-15,18-19H2,1-3H3,(H,27,33)(H,28,31). The third-order valence-corrected chi connectivity index (χ3v) is 6.22. The molecule has 176 valence electrons. The number of fused-ring (bicyclic) bond motifs is 1. The average molecular weight is 467 g/mol. The molecule has 3 rings (SSSR count). The Morgan fingerprint density at radius 1 is 1.06 bits per heavy atom. The zero-order chi connectivity index (χ0) is 23.6. The molecule has 0 bridgehead atoms. The van der Waals surface area contributed by atoms with E-state index in [1.54, 1.807) is 7.11 Å². The van der Waals surface area contributed by atoms with Crippen molar-refractivity contribution in [3.05, 3.63) is 76.1 Å². The predicted octanol–water partition coefficient (Wildman–Crippen LogP) is 4.15. The van der Waals surface area contributed by atoms with Crippen molar-refractivity contribution < 1.29 is 4.74 Å². The number of hydrogen-bond donors (Lipinski definition) is 2. The Hall–Kier alpha value is -2.90. The van der Waals surface area contributed by atoms with E-state index < -0.39 is 0 Å². The number of nitrogens with zero attached hydrogens (tertiary/aromatic N) is 2. The molecule has 0 saturated heterocycles. The number of thiocarbonyl (C=S) groups is 1. The highest BCUT2D eigenvalue weighted by atomic mass is 32.1. The lowest BCUT2D eigenvalue weighted by molar-refractivity contribution is 0.299. The summed E-state index contributed by atoms with van der Waals surface area (Å²) in [6.45, 7) is 9.34. The highest BCUT2D eigenvalue weighted by Crippen LogP contribution is 2.19. The van der Waals surface area contributed by atoms with E-state index in [1.807, 2.05) is 42.5 Å². The van der Waals surface area contributed by atoms with Crippen molar-refractivity contribution in [2.45, 2.75) is 33.4 Å². The molecule has 1 heterocycles. The molecular formula is C26H34N4O2S. The van der Waals surface area contributed by atoms with Gasteiger partial charge in [0, 0.05) is 29.6 Å². The fraction of sp³-hybridized carbons (Fsp3) is 0.385. The maximum absolute atomic E-state index is 12.8. The Morgan fingerprint density at radius 3 is 2.52 bits per heavy atom. The highest BCUT2D eigenvalue weighted by Gasteiger charge is 2.14. The first-order valence-electron chi connectivity index (χ1n) is 11.5. The van der Waals surface area contributed by atoms with Gasteiger partial charge in [0.25, 0.3) is 5.56 Å². The Morgan fingerprint density at radius 2 is 1.82 bits per heavy atom. The molecule has 0 aliphatic rings. The molecule has 0 amide bonds. The van der Waals surface area contributed by atoms with Gasteiger partial charge in [-0.2, -0.15) is 0 Å². The molecule has 0 fully saturated rings. The predicted molar refractivity (Wildman–Crippen MR) is 140 cm³/mol. The number of aromatic nitrogens is 1. The summed E-state index contributed by atoms with van der Waals surface area (Å²) < 4.78 is 5.34. The fourth-order valence-corrected chi connectivity index (χ4v) is 4.06. The van der Waals surface area contributed by atoms with Crippen molar-refractivity contribution >= 4 is 28.2 Å². The van der Waals surface area contributed by atoms with Gasteiger partial charge in [-0.15, -0.1) is 0 Å². The van der Waals surface area contributed by atoms with Gasteiger partial charge >= 0.3 is 0 Å². The molecule has 3 aromatic rings. The summed E-state index contributed by atoms with van der Waals surface area (Å²) in [5, 5.41) is 4.99. The molecule has 2 aromatic carbocycles. The number of rotatable bonds is 11. The van der Waals surface area contributed by atoms with Gasteiger partial charge in [0.15, 0.2) is 5.11 Å². The molecule has 0 saturated carbocycles. The van der Waals surface area contributed by atoms with E-state index in [1.165, 1.54) is 0 Å². The molecule has 2 N–H and O–H groups in total. The van der Waals surface area contributed by atoms with Crippen LogP contribution in [0.15, 0.2) is 59.4 Å². The second-order valence-electron chi connectivity index (χ2n) is 8.03. The highest BCUT2D eigenvalue weighted by molar-refractivity contribution is 7.80. The number of ether oxygens (including phenoxy) is 1. The molecule has 0 atom stereocenters. The van der Waals surface area contributed by atoms with Crippen molar-refractivity contribution in [3.8, 4) is 5.75 Å². The topological polar surface area (TPSA) is 60.6 Å². The van der Waals surface area contributed by atoms with Gasteiger partial charge in [-0.05, 0) is 68.1 Å². The minimum atomic E-state index is -0.102. The van der Waals surface area contributed by atoms with Crippen LogP contribution in [0, 0.1) is 0 Å². The SMILES string of the molecule is CCN(CC)CCCNC(=S)N(Cc1ccccc1)Cc1cc2cc(OC)ccc2[nH]c1=O. The zero-order valence-corrected chi connectivity index (χ0v) is 20.6. The van der Waals surface area contributed by atoms with Crippen LogP contribution in [0.4, 0.5) is 0 Å². The molecule has 1 aromatic heterocycles. The maximum Gasteiger partial charge on any atom is 0.253 e. The van der Waals surface area contributed by atoms with Crippen molar-refractivity contribution in [3.63, 3.8) is 0 Å². The van der Waals surface area contributed by atoms with Crippen molar-refractivity contribution in [2.24, 2.45) is 0 Å². The molecule has 33 heavy (non-hydrogen) atoms. The van der Waals surface area contributed by atoms with E-state index in [-0.39, 0.29) is 5.56 Å². The summed E-state index contributed by atoms with van der Waals surface area (Å²) in [7, 11) is 1.64. The Labute approximate surface area is 201 Å². The van der Waals surface area contributed by atoms with Crippen LogP contribution in [0.3, 0.4) is 0 Å². The molecule has 7 heteroatoms. The van der Waals surface area contributed by atoms with Crippen LogP contribution < -0.4 is 15.6 Å². The summed E-state index contributed by atoms with van der Waals surface area (Å²) >= 11 is 5.76. The summed E-state index contributed by atoms with van der Waals surface area (Å²) in [5.41, 5.74) is 2.49. The summed E-state index contributed by atoms with van der Waals surface area (Å²) in [6, 6.07) is 17.8. The number of H-pyrrole nitrogens is 1. The molecule has 6 nitrogen and oxygen atoms in total. The van der Waals surface area contributed by atoms with Gasteiger partial charge in [-0.1, -0.05) is 44.2 Å². The second-order valence-corrected chi connectivity index (χ2v) is 8.42. The van der Waals surface area contributed by atoms with E-state index in [9.17, 15) is 4.79 Å². The lowest BCUT2D eigenvalue weighted by Crippen LogP contribution is -2.41. The third-order valence-electron chi connectivity index (χ3n) is 5.81. The summed E-state index contributed by atoms with van der Waals surface area (Å²) in [4.78, 5) is 20.3. The average Bonchev–Trinajstić information content (AvgIpc) is 2.84. The number of pyridine rings is 1. The second kappa shape index (κ2) is 12.4. The summed E-state index contributed by atoms with van der Waals surface area (Å²) in [5.74, 6) is 0.757. The normalized spacial score (nSPS) is 11.0. The van der Waals surface area contributed by atoms with E-state index in [0.717, 1.165) is 54.8 Å². The quantitative estimate of drug-likeness (QED) is 0.327. The van der Waals surface area contributed by atoms with E-state index in [2.05, 4.69) is 46.1 Å². The van der Waals surface area contributed by atoms with Crippen LogP contribution in [0.25, 0.3) is 10.9 Å². The van der Waals surface area contributed by atoms with Gasteiger partial charge in [0.05, 0.1) is 13.7 Å². The zero-order valence-electron chi connectivity index (χ0n) is 19.8. The number of methoxy groups -OCH3 is 1. The number of aromatic amines is 1. The Bertz CT molecular complexity index is 1100. The molecule has 0 radical (unpaired) electrons. The monoisotopic (exact) mass is 466 g/mol. The number of nitrogens with one attached hydrogen (secondary N) is 2. The van der Waals surface area contributed by atoms with E-state index in [0.29, 0.717) is 23.8 Å². The van der Waals surface area contributed by atoms with E-state index in [4.69, 9.17) is 17.0 Å². The van der Waals surface area contributed by atoms with Crippen molar-refractivity contribution in [1.82, 2.24) is 20.1 Å². The molecule has 0 aliphatic carbocycles. The van der Waals surface area contributed by atoms with E-state index >= 15 is 0 Å². The lowest BCUT2D eigenvalue weighted by atomic mass is 10.1. The molecular weight excluding hydrogens is 432 g/mol. The van der Waals surface area contributed by atoms with Crippen LogP contribution in [-0.2, 0) is 13.1 Å². The fourth-order valence-electron chi connectivity index (χ4n) is 3.83. The third kappa shape index (κ3) is 7.04. The van der Waals surface area contributed by atoms with Gasteiger partial charge in [-0.25, -0.2) is 0 Å². The van der Waals surface area contributed by atoms with Crippen molar-refractivity contribution in [1.29, 1.82) is 0 Å². The molecule has 0 unspecified atom stereocenters. The number of hydrogen-bond acceptors (Lipinski definition) is 4.